The molecule has 26 heavy (non-hydrogen) atoms. The molecule has 0 heterocycles. The van der Waals surface area contributed by atoms with E-state index >= 15 is 0 Å². The summed E-state index contributed by atoms with van der Waals surface area (Å²) in [6, 6.07) is 8.42. The standard InChI is InChI=1S/C19H20ClNO5/c1-23-15-7-6-13(10-14(15)20)21-19(22)8-5-12-9-17(25-3)18(26-4)11-16(12)24-2/h5-11H,1-4H3,(H,21,22)/b8-5+. The maximum Gasteiger partial charge on any atom is 0.248 e. The van der Waals surface area contributed by atoms with Crippen LogP contribution in [0.2, 0.25) is 5.02 Å². The van der Waals surface area contributed by atoms with Gasteiger partial charge in [0.25, 0.3) is 0 Å². The van der Waals surface area contributed by atoms with Gasteiger partial charge >= 0.3 is 0 Å². The molecule has 1 amide bonds. The number of carbonyl (C=O) groups excluding carboxylic acids is 1. The second-order valence-electron chi connectivity index (χ2n) is 5.12. The van der Waals surface area contributed by atoms with Gasteiger partial charge in [-0.2, -0.15) is 0 Å². The lowest BCUT2D eigenvalue weighted by Crippen LogP contribution is -2.07. The van der Waals surface area contributed by atoms with E-state index in [0.717, 1.165) is 0 Å². The number of benzene rings is 2. The Balaban J connectivity index is 2.18. The summed E-state index contributed by atoms with van der Waals surface area (Å²) in [4.78, 5) is 12.2. The number of halogens is 1. The molecule has 0 aromatic heterocycles. The third-order valence-corrected chi connectivity index (χ3v) is 3.86. The van der Waals surface area contributed by atoms with Gasteiger partial charge < -0.3 is 24.3 Å². The fraction of sp³-hybridized carbons (Fsp3) is 0.211. The van der Waals surface area contributed by atoms with E-state index in [-0.39, 0.29) is 5.91 Å². The number of ether oxygens (including phenoxy) is 4. The normalized spacial score (nSPS) is 10.5. The molecule has 0 aliphatic rings. The van der Waals surface area contributed by atoms with E-state index < -0.39 is 0 Å². The fourth-order valence-electron chi connectivity index (χ4n) is 2.28. The fourth-order valence-corrected chi connectivity index (χ4v) is 2.53. The first kappa shape index (κ1) is 19.5. The van der Waals surface area contributed by atoms with E-state index in [1.165, 1.54) is 27.4 Å². The Morgan fingerprint density at radius 3 is 2.08 bits per heavy atom. The van der Waals surface area contributed by atoms with E-state index in [1.807, 2.05) is 0 Å². The highest BCUT2D eigenvalue weighted by atomic mass is 35.5. The van der Waals surface area contributed by atoms with E-state index in [2.05, 4.69) is 5.32 Å². The number of hydrogen-bond donors (Lipinski definition) is 1. The first-order valence-corrected chi connectivity index (χ1v) is 8.02. The number of methoxy groups -OCH3 is 4. The highest BCUT2D eigenvalue weighted by molar-refractivity contribution is 6.32. The topological polar surface area (TPSA) is 66.0 Å². The minimum atomic E-state index is -0.317. The molecule has 0 radical (unpaired) electrons. The smallest absolute Gasteiger partial charge is 0.248 e. The molecule has 1 N–H and O–H groups in total. The summed E-state index contributed by atoms with van der Waals surface area (Å²) in [6.07, 6.45) is 3.02. The van der Waals surface area contributed by atoms with Crippen LogP contribution >= 0.6 is 11.6 Å². The zero-order valence-electron chi connectivity index (χ0n) is 15.0. The molecule has 0 aliphatic heterocycles. The summed E-state index contributed by atoms with van der Waals surface area (Å²) in [5.41, 5.74) is 1.23. The van der Waals surface area contributed by atoms with Gasteiger partial charge in [0, 0.05) is 23.4 Å². The summed E-state index contributed by atoms with van der Waals surface area (Å²) in [5, 5.41) is 3.14. The number of amides is 1. The molecule has 138 valence electrons. The minimum absolute atomic E-state index is 0.317. The molecule has 6 nitrogen and oxygen atoms in total. The predicted molar refractivity (Wildman–Crippen MR) is 102 cm³/mol. The molecule has 0 saturated carbocycles. The van der Waals surface area contributed by atoms with Crippen molar-refractivity contribution in [1.29, 1.82) is 0 Å². The minimum Gasteiger partial charge on any atom is -0.496 e. The van der Waals surface area contributed by atoms with Crippen LogP contribution in [0.1, 0.15) is 5.56 Å². The van der Waals surface area contributed by atoms with Crippen molar-refractivity contribution in [2.45, 2.75) is 0 Å². The highest BCUT2D eigenvalue weighted by Crippen LogP contribution is 2.35. The van der Waals surface area contributed by atoms with Crippen molar-refractivity contribution >= 4 is 29.3 Å². The van der Waals surface area contributed by atoms with Crippen LogP contribution in [-0.2, 0) is 4.79 Å². The zero-order chi connectivity index (χ0) is 19.1. The Morgan fingerprint density at radius 1 is 0.885 bits per heavy atom. The van der Waals surface area contributed by atoms with Crippen LogP contribution in [-0.4, -0.2) is 34.3 Å². The molecule has 0 fully saturated rings. The molecule has 0 atom stereocenters. The van der Waals surface area contributed by atoms with Crippen LogP contribution in [0.3, 0.4) is 0 Å². The molecular weight excluding hydrogens is 358 g/mol. The second-order valence-corrected chi connectivity index (χ2v) is 5.53. The lowest BCUT2D eigenvalue weighted by atomic mass is 10.1. The SMILES string of the molecule is COc1ccc(NC(=O)/C=C/c2cc(OC)c(OC)cc2OC)cc1Cl. The molecule has 2 rings (SSSR count). The molecule has 7 heteroatoms. The summed E-state index contributed by atoms with van der Waals surface area (Å²) in [7, 11) is 6.15. The van der Waals surface area contributed by atoms with Crippen LogP contribution in [0, 0.1) is 0 Å². The quantitative estimate of drug-likeness (QED) is 0.738. The molecule has 2 aromatic rings. The van der Waals surface area contributed by atoms with Gasteiger partial charge in [-0.05, 0) is 30.3 Å². The van der Waals surface area contributed by atoms with E-state index in [0.29, 0.717) is 39.3 Å². The summed E-state index contributed by atoms with van der Waals surface area (Å²) in [6.45, 7) is 0. The predicted octanol–water partition coefficient (Wildman–Crippen LogP) is 4.03. The van der Waals surface area contributed by atoms with Crippen molar-refractivity contribution in [3.05, 3.63) is 47.0 Å². The van der Waals surface area contributed by atoms with Crippen molar-refractivity contribution in [1.82, 2.24) is 0 Å². The molecule has 0 bridgehead atoms. The average molecular weight is 378 g/mol. The molecular formula is C19H20ClNO5. The van der Waals surface area contributed by atoms with Crippen LogP contribution in [0.4, 0.5) is 5.69 Å². The maximum atomic E-state index is 12.2. The van der Waals surface area contributed by atoms with Gasteiger partial charge in [-0.1, -0.05) is 11.6 Å². The molecule has 0 aliphatic carbocycles. The zero-order valence-corrected chi connectivity index (χ0v) is 15.7. The summed E-state index contributed by atoms with van der Waals surface area (Å²) < 4.78 is 20.9. The van der Waals surface area contributed by atoms with Crippen molar-refractivity contribution in [2.75, 3.05) is 33.8 Å². The largest absolute Gasteiger partial charge is 0.496 e. The molecule has 0 unspecified atom stereocenters. The van der Waals surface area contributed by atoms with Gasteiger partial charge in [-0.15, -0.1) is 0 Å². The van der Waals surface area contributed by atoms with Crippen LogP contribution in [0.5, 0.6) is 23.0 Å². The Morgan fingerprint density at radius 2 is 1.50 bits per heavy atom. The number of rotatable bonds is 7. The van der Waals surface area contributed by atoms with Crippen molar-refractivity contribution in [3.8, 4) is 23.0 Å². The van der Waals surface area contributed by atoms with Gasteiger partial charge in [0.2, 0.25) is 5.91 Å². The van der Waals surface area contributed by atoms with Gasteiger partial charge in [-0.25, -0.2) is 0 Å². The van der Waals surface area contributed by atoms with E-state index in [1.54, 1.807) is 43.5 Å². The number of anilines is 1. The lowest BCUT2D eigenvalue weighted by molar-refractivity contribution is -0.111. The summed E-state index contributed by atoms with van der Waals surface area (Å²) >= 11 is 6.05. The van der Waals surface area contributed by atoms with Gasteiger partial charge in [-0.3, -0.25) is 4.79 Å². The van der Waals surface area contributed by atoms with Crippen molar-refractivity contribution < 1.29 is 23.7 Å². The average Bonchev–Trinajstić information content (AvgIpc) is 2.65. The van der Waals surface area contributed by atoms with E-state index in [4.69, 9.17) is 30.5 Å². The van der Waals surface area contributed by atoms with Gasteiger partial charge in [0.05, 0.1) is 33.5 Å². The Labute approximate surface area is 157 Å². The molecule has 0 spiro atoms. The maximum absolute atomic E-state index is 12.2. The van der Waals surface area contributed by atoms with Gasteiger partial charge in [0.1, 0.15) is 11.5 Å². The van der Waals surface area contributed by atoms with Gasteiger partial charge in [0.15, 0.2) is 11.5 Å². The Hall–Kier alpha value is -2.86. The van der Waals surface area contributed by atoms with Crippen molar-refractivity contribution in [3.63, 3.8) is 0 Å². The van der Waals surface area contributed by atoms with Crippen molar-refractivity contribution in [2.24, 2.45) is 0 Å². The van der Waals surface area contributed by atoms with E-state index in [9.17, 15) is 4.79 Å². The first-order valence-electron chi connectivity index (χ1n) is 7.65. The lowest BCUT2D eigenvalue weighted by Gasteiger charge is -2.12. The van der Waals surface area contributed by atoms with Crippen LogP contribution in [0.25, 0.3) is 6.08 Å². The number of carbonyl (C=O) groups is 1. The number of hydrogen-bond acceptors (Lipinski definition) is 5. The number of nitrogens with one attached hydrogen (secondary N) is 1. The monoisotopic (exact) mass is 377 g/mol. The highest BCUT2D eigenvalue weighted by Gasteiger charge is 2.10. The molecule has 0 saturated heterocycles. The third-order valence-electron chi connectivity index (χ3n) is 3.57. The Bertz CT molecular complexity index is 820. The third kappa shape index (κ3) is 4.61. The molecule has 2 aromatic carbocycles. The Kier molecular flexibility index (Phi) is 6.74. The first-order chi connectivity index (χ1) is 12.5. The van der Waals surface area contributed by atoms with Crippen LogP contribution < -0.4 is 24.3 Å². The second kappa shape index (κ2) is 9.01. The summed E-state index contributed by atoms with van der Waals surface area (Å²) in [5.74, 6) is 1.85. The van der Waals surface area contributed by atoms with Crippen LogP contribution in [0.15, 0.2) is 36.4 Å².